The Balaban J connectivity index is 1.93. The third kappa shape index (κ3) is 2.98. The first-order valence-electron chi connectivity index (χ1n) is 6.20. The molecule has 98 valence electrons. The predicted molar refractivity (Wildman–Crippen MR) is 69.2 cm³/mol. The van der Waals surface area contributed by atoms with Gasteiger partial charge in [-0.15, -0.1) is 0 Å². The van der Waals surface area contributed by atoms with Gasteiger partial charge in [-0.2, -0.15) is 0 Å². The van der Waals surface area contributed by atoms with Crippen LogP contribution in [0.4, 0.5) is 5.82 Å². The number of carbonyl (C=O) groups is 1. The highest BCUT2D eigenvalue weighted by atomic mass is 16.5. The molecule has 0 radical (unpaired) electrons. The summed E-state index contributed by atoms with van der Waals surface area (Å²) in [4.78, 5) is 18.0. The van der Waals surface area contributed by atoms with Gasteiger partial charge >= 0.3 is 0 Å². The SMILES string of the molecule is COCC1CCN(C(=O)c2ccc(N)nc2)CC1. The molecule has 1 aliphatic rings. The number of likely N-dealkylation sites (tertiary alicyclic amines) is 1. The number of amides is 1. The lowest BCUT2D eigenvalue weighted by atomic mass is 9.97. The number of methoxy groups -OCH3 is 1. The predicted octanol–water partition coefficient (Wildman–Crippen LogP) is 1.16. The van der Waals surface area contributed by atoms with Gasteiger partial charge in [0.15, 0.2) is 0 Å². The van der Waals surface area contributed by atoms with Gasteiger partial charge in [0.05, 0.1) is 5.56 Å². The van der Waals surface area contributed by atoms with E-state index in [9.17, 15) is 4.79 Å². The molecule has 2 rings (SSSR count). The number of nitrogen functional groups attached to an aromatic ring is 1. The zero-order chi connectivity index (χ0) is 13.0. The molecule has 18 heavy (non-hydrogen) atoms. The standard InChI is InChI=1S/C13H19N3O2/c1-18-9-10-4-6-16(7-5-10)13(17)11-2-3-12(14)15-8-11/h2-3,8,10H,4-7,9H2,1H3,(H2,14,15). The molecular weight excluding hydrogens is 230 g/mol. The van der Waals surface area contributed by atoms with Crippen LogP contribution in [-0.2, 0) is 4.74 Å². The minimum absolute atomic E-state index is 0.0402. The molecule has 1 fully saturated rings. The molecule has 2 heterocycles. The van der Waals surface area contributed by atoms with Gasteiger partial charge in [-0.05, 0) is 30.9 Å². The van der Waals surface area contributed by atoms with Gasteiger partial charge in [0.2, 0.25) is 0 Å². The summed E-state index contributed by atoms with van der Waals surface area (Å²) < 4.78 is 5.15. The van der Waals surface area contributed by atoms with Gasteiger partial charge in [0.25, 0.3) is 5.91 Å². The Labute approximate surface area is 107 Å². The highest BCUT2D eigenvalue weighted by Gasteiger charge is 2.23. The lowest BCUT2D eigenvalue weighted by Crippen LogP contribution is -2.39. The van der Waals surface area contributed by atoms with Gasteiger partial charge in [-0.3, -0.25) is 4.79 Å². The second-order valence-electron chi connectivity index (χ2n) is 4.66. The highest BCUT2D eigenvalue weighted by molar-refractivity contribution is 5.94. The Hall–Kier alpha value is -1.62. The molecule has 1 saturated heterocycles. The molecule has 1 aromatic rings. The Bertz CT molecular complexity index is 397. The van der Waals surface area contributed by atoms with Crippen LogP contribution < -0.4 is 5.73 Å². The molecule has 0 saturated carbocycles. The molecule has 0 unspecified atom stereocenters. The van der Waals surface area contributed by atoms with E-state index < -0.39 is 0 Å². The number of nitrogens with two attached hydrogens (primary N) is 1. The average molecular weight is 249 g/mol. The summed E-state index contributed by atoms with van der Waals surface area (Å²) >= 11 is 0. The molecule has 1 aromatic heterocycles. The van der Waals surface area contributed by atoms with Crippen molar-refractivity contribution in [2.24, 2.45) is 5.92 Å². The van der Waals surface area contributed by atoms with E-state index in [2.05, 4.69) is 4.98 Å². The highest BCUT2D eigenvalue weighted by Crippen LogP contribution is 2.19. The normalized spacial score (nSPS) is 16.8. The lowest BCUT2D eigenvalue weighted by Gasteiger charge is -2.31. The quantitative estimate of drug-likeness (QED) is 0.873. The molecule has 0 aliphatic carbocycles. The zero-order valence-corrected chi connectivity index (χ0v) is 10.6. The van der Waals surface area contributed by atoms with Crippen molar-refractivity contribution in [1.29, 1.82) is 0 Å². The van der Waals surface area contributed by atoms with Gasteiger partial charge in [0.1, 0.15) is 5.82 Å². The fourth-order valence-corrected chi connectivity index (χ4v) is 2.25. The van der Waals surface area contributed by atoms with Crippen molar-refractivity contribution in [3.8, 4) is 0 Å². The van der Waals surface area contributed by atoms with Crippen LogP contribution in [0.15, 0.2) is 18.3 Å². The average Bonchev–Trinajstić information content (AvgIpc) is 2.40. The number of aromatic nitrogens is 1. The smallest absolute Gasteiger partial charge is 0.255 e. The molecule has 0 aromatic carbocycles. The number of hydrogen-bond acceptors (Lipinski definition) is 4. The maximum Gasteiger partial charge on any atom is 0.255 e. The molecule has 5 heteroatoms. The van der Waals surface area contributed by atoms with E-state index in [0.717, 1.165) is 32.5 Å². The molecule has 0 atom stereocenters. The first-order chi connectivity index (χ1) is 8.70. The number of piperidine rings is 1. The summed E-state index contributed by atoms with van der Waals surface area (Å²) in [5.41, 5.74) is 6.11. The summed E-state index contributed by atoms with van der Waals surface area (Å²) in [7, 11) is 1.72. The molecular formula is C13H19N3O2. The minimum atomic E-state index is 0.0402. The Morgan fingerprint density at radius 1 is 1.50 bits per heavy atom. The summed E-state index contributed by atoms with van der Waals surface area (Å²) in [6.07, 6.45) is 3.54. The van der Waals surface area contributed by atoms with Crippen molar-refractivity contribution in [3.63, 3.8) is 0 Å². The van der Waals surface area contributed by atoms with E-state index >= 15 is 0 Å². The van der Waals surface area contributed by atoms with Crippen LogP contribution in [-0.4, -0.2) is 42.6 Å². The van der Waals surface area contributed by atoms with Gasteiger partial charge in [-0.1, -0.05) is 0 Å². The van der Waals surface area contributed by atoms with Crippen LogP contribution in [0.2, 0.25) is 0 Å². The fourth-order valence-electron chi connectivity index (χ4n) is 2.25. The Morgan fingerprint density at radius 2 is 2.22 bits per heavy atom. The van der Waals surface area contributed by atoms with E-state index in [1.807, 2.05) is 4.90 Å². The van der Waals surface area contributed by atoms with Crippen LogP contribution in [0.1, 0.15) is 23.2 Å². The summed E-state index contributed by atoms with van der Waals surface area (Å²) in [5.74, 6) is 1.05. The number of anilines is 1. The van der Waals surface area contributed by atoms with E-state index in [1.54, 1.807) is 25.4 Å². The van der Waals surface area contributed by atoms with Gasteiger partial charge in [0, 0.05) is 33.0 Å². The van der Waals surface area contributed by atoms with E-state index in [4.69, 9.17) is 10.5 Å². The molecule has 0 bridgehead atoms. The van der Waals surface area contributed by atoms with Crippen molar-refractivity contribution in [1.82, 2.24) is 9.88 Å². The third-order valence-electron chi connectivity index (χ3n) is 3.34. The maximum atomic E-state index is 12.2. The van der Waals surface area contributed by atoms with Crippen molar-refractivity contribution >= 4 is 11.7 Å². The maximum absolute atomic E-state index is 12.2. The Morgan fingerprint density at radius 3 is 2.78 bits per heavy atom. The van der Waals surface area contributed by atoms with Crippen LogP contribution in [0.25, 0.3) is 0 Å². The Kier molecular flexibility index (Phi) is 4.15. The van der Waals surface area contributed by atoms with Crippen molar-refractivity contribution < 1.29 is 9.53 Å². The number of carbonyl (C=O) groups excluding carboxylic acids is 1. The minimum Gasteiger partial charge on any atom is -0.384 e. The number of pyridine rings is 1. The second-order valence-corrected chi connectivity index (χ2v) is 4.66. The van der Waals surface area contributed by atoms with Crippen molar-refractivity contribution in [2.75, 3.05) is 32.5 Å². The summed E-state index contributed by atoms with van der Waals surface area (Å²) in [6, 6.07) is 3.39. The molecule has 2 N–H and O–H groups in total. The molecule has 1 aliphatic heterocycles. The van der Waals surface area contributed by atoms with Crippen molar-refractivity contribution in [2.45, 2.75) is 12.8 Å². The van der Waals surface area contributed by atoms with Gasteiger partial charge in [-0.25, -0.2) is 4.98 Å². The topological polar surface area (TPSA) is 68.5 Å². The number of hydrogen-bond donors (Lipinski definition) is 1. The first kappa shape index (κ1) is 12.8. The van der Waals surface area contributed by atoms with E-state index in [1.165, 1.54) is 0 Å². The first-order valence-corrected chi connectivity index (χ1v) is 6.20. The van der Waals surface area contributed by atoms with E-state index in [-0.39, 0.29) is 5.91 Å². The largest absolute Gasteiger partial charge is 0.384 e. The van der Waals surface area contributed by atoms with Crippen LogP contribution in [0, 0.1) is 5.92 Å². The van der Waals surface area contributed by atoms with Crippen LogP contribution in [0.5, 0.6) is 0 Å². The van der Waals surface area contributed by atoms with Crippen molar-refractivity contribution in [3.05, 3.63) is 23.9 Å². The summed E-state index contributed by atoms with van der Waals surface area (Å²) in [5, 5.41) is 0. The second kappa shape index (κ2) is 5.82. The van der Waals surface area contributed by atoms with Crippen LogP contribution >= 0.6 is 0 Å². The zero-order valence-electron chi connectivity index (χ0n) is 10.6. The number of ether oxygens (including phenoxy) is 1. The molecule has 1 amide bonds. The van der Waals surface area contributed by atoms with Crippen LogP contribution in [0.3, 0.4) is 0 Å². The third-order valence-corrected chi connectivity index (χ3v) is 3.34. The van der Waals surface area contributed by atoms with Gasteiger partial charge < -0.3 is 15.4 Å². The molecule has 0 spiro atoms. The van der Waals surface area contributed by atoms with E-state index in [0.29, 0.717) is 17.3 Å². The number of nitrogens with zero attached hydrogens (tertiary/aromatic N) is 2. The fraction of sp³-hybridized carbons (Fsp3) is 0.538. The summed E-state index contributed by atoms with van der Waals surface area (Å²) in [6.45, 7) is 2.36. The number of rotatable bonds is 3. The lowest BCUT2D eigenvalue weighted by molar-refractivity contribution is 0.0613. The molecule has 5 nitrogen and oxygen atoms in total. The monoisotopic (exact) mass is 249 g/mol.